The lowest BCUT2D eigenvalue weighted by atomic mass is 9.52. The highest BCUT2D eigenvalue weighted by atomic mass is 15.1. The Morgan fingerprint density at radius 2 is 0.862 bits per heavy atom. The normalized spacial score (nSPS) is 16.2. The van der Waals surface area contributed by atoms with Crippen molar-refractivity contribution in [2.75, 3.05) is 4.90 Å². The molecule has 1 unspecified atom stereocenters. The van der Waals surface area contributed by atoms with Crippen molar-refractivity contribution in [1.29, 1.82) is 0 Å². The van der Waals surface area contributed by atoms with Gasteiger partial charge in [-0.15, -0.1) is 0 Å². The Kier molecular flexibility index (Phi) is 8.14. The lowest BCUT2D eigenvalue weighted by Gasteiger charge is -2.49. The van der Waals surface area contributed by atoms with Crippen molar-refractivity contribution >= 4 is 38.9 Å². The summed E-state index contributed by atoms with van der Waals surface area (Å²) in [6, 6.07) is 80.8. The second-order valence-corrected chi connectivity index (χ2v) is 17.5. The van der Waals surface area contributed by atoms with Crippen molar-refractivity contribution in [3.8, 4) is 27.9 Å². The zero-order chi connectivity index (χ0) is 43.3. The first-order valence-electron chi connectivity index (χ1n) is 22.7. The molecule has 0 bridgehead atoms. The molecule has 0 saturated carbocycles. The van der Waals surface area contributed by atoms with Gasteiger partial charge in [0.05, 0.1) is 21.9 Å². The monoisotopic (exact) mass is 828 g/mol. The molecule has 10 aromatic rings. The Balaban J connectivity index is 1.11. The van der Waals surface area contributed by atoms with E-state index in [0.29, 0.717) is 0 Å². The predicted octanol–water partition coefficient (Wildman–Crippen LogP) is 16.0. The van der Waals surface area contributed by atoms with Gasteiger partial charge in [0.15, 0.2) is 0 Å². The van der Waals surface area contributed by atoms with E-state index < -0.39 is 10.8 Å². The highest BCUT2D eigenvalue weighted by Gasteiger charge is 2.59. The summed E-state index contributed by atoms with van der Waals surface area (Å²) in [5.41, 5.74) is 21.1. The third-order valence-electron chi connectivity index (χ3n) is 14.6. The molecule has 1 heterocycles. The van der Waals surface area contributed by atoms with Crippen molar-refractivity contribution in [3.05, 3.63) is 288 Å². The number of anilines is 3. The van der Waals surface area contributed by atoms with Crippen LogP contribution in [0.25, 0.3) is 49.7 Å². The van der Waals surface area contributed by atoms with Crippen molar-refractivity contribution in [3.63, 3.8) is 0 Å². The van der Waals surface area contributed by atoms with E-state index in [0.717, 1.165) is 22.7 Å². The van der Waals surface area contributed by atoms with Crippen molar-refractivity contribution in [2.45, 2.75) is 17.8 Å². The number of hydrogen-bond acceptors (Lipinski definition) is 1. The maximum atomic E-state index is 4.71. The number of aromatic nitrogens is 1. The summed E-state index contributed by atoms with van der Waals surface area (Å²) in [7, 11) is 0. The molecule has 1 atom stereocenters. The molecule has 0 N–H and O–H groups in total. The second-order valence-electron chi connectivity index (χ2n) is 17.5. The van der Waals surface area contributed by atoms with Gasteiger partial charge in [0.2, 0.25) is 0 Å². The van der Waals surface area contributed by atoms with Gasteiger partial charge >= 0.3 is 0 Å². The molecule has 13 rings (SSSR count). The summed E-state index contributed by atoms with van der Waals surface area (Å²) in [6.45, 7) is 6.87. The molecule has 0 radical (unpaired) electrons. The van der Waals surface area contributed by atoms with Crippen LogP contribution >= 0.6 is 0 Å². The summed E-state index contributed by atoms with van der Waals surface area (Å²) < 4.78 is 2.48. The molecular weight excluding hydrogens is 785 g/mol. The number of rotatable bonds is 6. The molecule has 2 nitrogen and oxygen atoms in total. The van der Waals surface area contributed by atoms with Gasteiger partial charge in [-0.05, 0) is 140 Å². The zero-order valence-corrected chi connectivity index (χ0v) is 36.1. The molecule has 0 aliphatic heterocycles. The number of benzene rings is 9. The second kappa shape index (κ2) is 14.2. The van der Waals surface area contributed by atoms with Gasteiger partial charge in [-0.1, -0.05) is 176 Å². The van der Waals surface area contributed by atoms with E-state index >= 15 is 0 Å². The standard InChI is InChI=1S/C63H44N2/c1-3-21-56-52(4-2)62(53-30-15-11-26-46(53)47-27-12-16-31-54(47)62)57-33-18-19-34-58(57)63(56)55-32-17-13-28-48(55)50-40-51-49-29-14-20-35-60(49)65(61(51)41-59(50)63)45-38-36-44(37-39-45)64(42-22-7-5-8-23-42)43-24-9-6-10-25-43/h3-41H,2H2,1H3/b21-3-. The number of nitrogens with zero attached hydrogens (tertiary/aromatic N) is 2. The van der Waals surface area contributed by atoms with Gasteiger partial charge in [-0.2, -0.15) is 0 Å². The van der Waals surface area contributed by atoms with Crippen LogP contribution in [0.3, 0.4) is 0 Å². The minimum atomic E-state index is -0.637. The quantitative estimate of drug-likeness (QED) is 0.162. The Labute approximate surface area is 380 Å². The molecule has 65 heavy (non-hydrogen) atoms. The Bertz CT molecular complexity index is 3540. The fourth-order valence-electron chi connectivity index (χ4n) is 12.2. The maximum Gasteiger partial charge on any atom is 0.0720 e. The van der Waals surface area contributed by atoms with Crippen LogP contribution in [-0.2, 0) is 10.8 Å². The summed E-state index contributed by atoms with van der Waals surface area (Å²) in [5.74, 6) is 0. The Hall–Kier alpha value is -8.20. The topological polar surface area (TPSA) is 8.17 Å². The van der Waals surface area contributed by atoms with Gasteiger partial charge in [0.25, 0.3) is 0 Å². The van der Waals surface area contributed by atoms with Gasteiger partial charge in [-0.25, -0.2) is 0 Å². The molecule has 3 aliphatic carbocycles. The summed E-state index contributed by atoms with van der Waals surface area (Å²) in [4.78, 5) is 2.32. The first-order chi connectivity index (χ1) is 32.2. The smallest absolute Gasteiger partial charge is 0.0720 e. The summed E-state index contributed by atoms with van der Waals surface area (Å²) in [5, 5.41) is 2.48. The van der Waals surface area contributed by atoms with Crippen LogP contribution in [0.5, 0.6) is 0 Å². The number of para-hydroxylation sites is 3. The molecule has 306 valence electrons. The van der Waals surface area contributed by atoms with E-state index in [4.69, 9.17) is 6.58 Å². The highest BCUT2D eigenvalue weighted by molar-refractivity contribution is 6.12. The average molecular weight is 829 g/mol. The van der Waals surface area contributed by atoms with E-state index in [2.05, 4.69) is 253 Å². The fourth-order valence-corrected chi connectivity index (χ4v) is 12.2. The molecule has 0 saturated heterocycles. The molecule has 0 amide bonds. The van der Waals surface area contributed by atoms with Gasteiger partial charge in [-0.3, -0.25) is 0 Å². The molecule has 2 spiro atoms. The lowest BCUT2D eigenvalue weighted by molar-refractivity contribution is 0.636. The van der Waals surface area contributed by atoms with Crippen molar-refractivity contribution < 1.29 is 0 Å². The first-order valence-corrected chi connectivity index (χ1v) is 22.7. The van der Waals surface area contributed by atoms with Crippen molar-refractivity contribution in [2.24, 2.45) is 0 Å². The SMILES string of the molecule is C=CC1=C(/C=C\C)C2(c3ccccc3-c3cc4c5ccccc5n(-c5ccc(N(c6ccccc6)c6ccccc6)cc5)c4cc32)c2ccccc2C12c1ccccc1-c1ccccc12. The summed E-state index contributed by atoms with van der Waals surface area (Å²) in [6.07, 6.45) is 6.81. The maximum absolute atomic E-state index is 4.71. The van der Waals surface area contributed by atoms with E-state index in [-0.39, 0.29) is 0 Å². The van der Waals surface area contributed by atoms with Crippen LogP contribution in [0.2, 0.25) is 0 Å². The molecule has 9 aromatic carbocycles. The zero-order valence-electron chi connectivity index (χ0n) is 36.1. The van der Waals surface area contributed by atoms with Gasteiger partial charge in [0, 0.05) is 33.5 Å². The molecule has 3 aliphatic rings. The number of fused-ring (bicyclic) bond motifs is 16. The molecule has 0 fully saturated rings. The average Bonchev–Trinajstić information content (AvgIpc) is 3.96. The minimum absolute atomic E-state index is 0.558. The summed E-state index contributed by atoms with van der Waals surface area (Å²) >= 11 is 0. The van der Waals surface area contributed by atoms with E-state index in [9.17, 15) is 0 Å². The van der Waals surface area contributed by atoms with Gasteiger partial charge < -0.3 is 9.47 Å². The largest absolute Gasteiger partial charge is 0.311 e. The predicted molar refractivity (Wildman–Crippen MR) is 271 cm³/mol. The fraction of sp³-hybridized carbons (Fsp3) is 0.0476. The van der Waals surface area contributed by atoms with E-state index in [1.165, 1.54) is 88.6 Å². The lowest BCUT2D eigenvalue weighted by Crippen LogP contribution is -2.43. The molecular formula is C63H44N2. The number of allylic oxidation sites excluding steroid dienone is 5. The third kappa shape index (κ3) is 4.89. The van der Waals surface area contributed by atoms with Crippen LogP contribution in [0, 0.1) is 0 Å². The Morgan fingerprint density at radius 3 is 1.42 bits per heavy atom. The van der Waals surface area contributed by atoms with E-state index in [1.54, 1.807) is 0 Å². The Morgan fingerprint density at radius 1 is 0.400 bits per heavy atom. The van der Waals surface area contributed by atoms with E-state index in [1.807, 2.05) is 0 Å². The molecule has 1 aromatic heterocycles. The minimum Gasteiger partial charge on any atom is -0.311 e. The van der Waals surface area contributed by atoms with Crippen LogP contribution in [0.4, 0.5) is 17.1 Å². The van der Waals surface area contributed by atoms with Gasteiger partial charge in [0.1, 0.15) is 0 Å². The van der Waals surface area contributed by atoms with Crippen LogP contribution in [0.15, 0.2) is 254 Å². The highest BCUT2D eigenvalue weighted by Crippen LogP contribution is 2.68. The van der Waals surface area contributed by atoms with Crippen LogP contribution < -0.4 is 4.90 Å². The van der Waals surface area contributed by atoms with Crippen molar-refractivity contribution in [1.82, 2.24) is 4.57 Å². The molecule has 2 heteroatoms. The number of hydrogen-bond donors (Lipinski definition) is 0. The van der Waals surface area contributed by atoms with Crippen LogP contribution in [-0.4, -0.2) is 4.57 Å². The van der Waals surface area contributed by atoms with Crippen LogP contribution in [0.1, 0.15) is 40.3 Å². The first kappa shape index (κ1) is 37.4. The third-order valence-corrected chi connectivity index (χ3v) is 14.6.